The molecule has 0 bridgehead atoms. The Morgan fingerprint density at radius 1 is 1.07 bits per heavy atom. The molecule has 4 heteroatoms. The Balaban J connectivity index is 1.33. The Labute approximate surface area is 163 Å². The van der Waals surface area contributed by atoms with Crippen LogP contribution < -0.4 is 4.74 Å². The zero-order valence-electron chi connectivity index (χ0n) is 16.4. The third-order valence-corrected chi connectivity index (χ3v) is 6.21. The summed E-state index contributed by atoms with van der Waals surface area (Å²) in [5.41, 5.74) is 1.17. The van der Waals surface area contributed by atoms with Gasteiger partial charge in [-0.25, -0.2) is 0 Å². The number of carbonyl (C=O) groups excluding carboxylic acids is 1. The first kappa shape index (κ1) is 18.8. The molecule has 27 heavy (non-hydrogen) atoms. The van der Waals surface area contributed by atoms with Crippen LogP contribution >= 0.6 is 0 Å². The Bertz CT molecular complexity index is 616. The number of hydrogen-bond donors (Lipinski definition) is 0. The van der Waals surface area contributed by atoms with Crippen LogP contribution in [0.1, 0.15) is 69.8 Å². The first-order valence-electron chi connectivity index (χ1n) is 10.9. The molecule has 0 radical (unpaired) electrons. The average Bonchev–Trinajstić information content (AvgIpc) is 3.42. The predicted octanol–water partition coefficient (Wildman–Crippen LogP) is 4.71. The van der Waals surface area contributed by atoms with Crippen LogP contribution in [-0.4, -0.2) is 36.2 Å². The molecule has 1 saturated heterocycles. The summed E-state index contributed by atoms with van der Waals surface area (Å²) in [6.45, 7) is 2.19. The summed E-state index contributed by atoms with van der Waals surface area (Å²) in [4.78, 5) is 15.0. The molecule has 1 heterocycles. The van der Waals surface area contributed by atoms with E-state index in [1.54, 1.807) is 0 Å². The highest BCUT2D eigenvalue weighted by molar-refractivity contribution is 5.77. The van der Waals surface area contributed by atoms with E-state index in [1.807, 2.05) is 12.1 Å². The van der Waals surface area contributed by atoms with E-state index in [0.29, 0.717) is 31.0 Å². The van der Waals surface area contributed by atoms with Crippen LogP contribution in [0.2, 0.25) is 0 Å². The van der Waals surface area contributed by atoms with Crippen LogP contribution in [0.25, 0.3) is 0 Å². The second-order valence-corrected chi connectivity index (χ2v) is 8.55. The number of amides is 1. The van der Waals surface area contributed by atoms with Crippen LogP contribution in [0.15, 0.2) is 24.3 Å². The largest absolute Gasteiger partial charge is 0.491 e. The van der Waals surface area contributed by atoms with Crippen LogP contribution in [-0.2, 0) is 16.1 Å². The van der Waals surface area contributed by atoms with E-state index in [0.717, 1.165) is 44.5 Å². The van der Waals surface area contributed by atoms with Crippen LogP contribution in [0.5, 0.6) is 5.75 Å². The number of ether oxygens (including phenoxy) is 2. The summed E-state index contributed by atoms with van der Waals surface area (Å²) < 4.78 is 11.7. The van der Waals surface area contributed by atoms with Gasteiger partial charge in [0.2, 0.25) is 5.91 Å². The molecule has 1 unspecified atom stereocenters. The van der Waals surface area contributed by atoms with Gasteiger partial charge in [-0.3, -0.25) is 4.79 Å². The molecule has 1 aromatic rings. The van der Waals surface area contributed by atoms with Crippen molar-refractivity contribution in [1.29, 1.82) is 0 Å². The lowest BCUT2D eigenvalue weighted by Gasteiger charge is -2.25. The van der Waals surface area contributed by atoms with Gasteiger partial charge in [0.05, 0.1) is 6.10 Å². The van der Waals surface area contributed by atoms with Crippen molar-refractivity contribution >= 4 is 5.91 Å². The molecular weight excluding hydrogens is 338 g/mol. The lowest BCUT2D eigenvalue weighted by atomic mass is 10.0. The maximum absolute atomic E-state index is 12.9. The van der Waals surface area contributed by atoms with Gasteiger partial charge in [-0.15, -0.1) is 0 Å². The van der Waals surface area contributed by atoms with Gasteiger partial charge in [0.25, 0.3) is 0 Å². The van der Waals surface area contributed by atoms with Crippen molar-refractivity contribution in [3.8, 4) is 5.75 Å². The molecule has 0 aromatic heterocycles. The molecule has 1 aliphatic heterocycles. The number of benzene rings is 1. The quantitative estimate of drug-likeness (QED) is 0.664. The highest BCUT2D eigenvalue weighted by atomic mass is 16.5. The summed E-state index contributed by atoms with van der Waals surface area (Å²) in [5, 5.41) is 0. The Kier molecular flexibility index (Phi) is 6.33. The van der Waals surface area contributed by atoms with E-state index in [-0.39, 0.29) is 6.10 Å². The zero-order valence-corrected chi connectivity index (χ0v) is 16.4. The monoisotopic (exact) mass is 371 g/mol. The van der Waals surface area contributed by atoms with E-state index < -0.39 is 0 Å². The summed E-state index contributed by atoms with van der Waals surface area (Å²) in [6, 6.07) is 8.72. The Morgan fingerprint density at radius 3 is 2.63 bits per heavy atom. The van der Waals surface area contributed by atoms with Gasteiger partial charge in [-0.1, -0.05) is 25.0 Å². The average molecular weight is 372 g/mol. The van der Waals surface area contributed by atoms with Crippen molar-refractivity contribution in [3.63, 3.8) is 0 Å². The minimum absolute atomic E-state index is 0.221. The fraction of sp³-hybridized carbons (Fsp3) is 0.696. The SMILES string of the molecule is O=C(CC1CCCC1)N(Cc1cccc(OCC2CCCCO2)c1)C1CC1. The normalized spacial score (nSPS) is 23.3. The van der Waals surface area contributed by atoms with E-state index in [2.05, 4.69) is 17.0 Å². The van der Waals surface area contributed by atoms with Gasteiger partial charge in [0, 0.05) is 25.6 Å². The minimum atomic E-state index is 0.221. The fourth-order valence-corrected chi connectivity index (χ4v) is 4.44. The lowest BCUT2D eigenvalue weighted by molar-refractivity contribution is -0.133. The predicted molar refractivity (Wildman–Crippen MR) is 106 cm³/mol. The molecule has 1 amide bonds. The van der Waals surface area contributed by atoms with Crippen LogP contribution in [0.3, 0.4) is 0 Å². The smallest absolute Gasteiger partial charge is 0.223 e. The van der Waals surface area contributed by atoms with Gasteiger partial charge in [-0.05, 0) is 68.6 Å². The van der Waals surface area contributed by atoms with Crippen molar-refractivity contribution in [2.45, 2.75) is 82.9 Å². The van der Waals surface area contributed by atoms with Crippen molar-refractivity contribution in [3.05, 3.63) is 29.8 Å². The van der Waals surface area contributed by atoms with Crippen LogP contribution in [0, 0.1) is 5.92 Å². The summed E-state index contributed by atoms with van der Waals surface area (Å²) in [6.07, 6.45) is 11.8. The third kappa shape index (κ3) is 5.47. The minimum Gasteiger partial charge on any atom is -0.491 e. The molecule has 1 aromatic carbocycles. The zero-order chi connectivity index (χ0) is 18.5. The first-order chi connectivity index (χ1) is 13.3. The topological polar surface area (TPSA) is 38.8 Å². The molecule has 3 aliphatic rings. The standard InChI is InChI=1S/C23H33NO3/c25-23(15-18-6-1-2-7-18)24(20-11-12-20)16-19-8-5-10-21(14-19)27-17-22-9-3-4-13-26-22/h5,8,10,14,18,20,22H,1-4,6-7,9,11-13,15-17H2. The third-order valence-electron chi connectivity index (χ3n) is 6.21. The molecule has 4 rings (SSSR count). The Hall–Kier alpha value is -1.55. The van der Waals surface area contributed by atoms with E-state index >= 15 is 0 Å². The van der Waals surface area contributed by atoms with Crippen molar-refractivity contribution in [1.82, 2.24) is 4.90 Å². The second kappa shape index (κ2) is 9.09. The van der Waals surface area contributed by atoms with Gasteiger partial charge < -0.3 is 14.4 Å². The Morgan fingerprint density at radius 2 is 1.89 bits per heavy atom. The van der Waals surface area contributed by atoms with E-state index in [9.17, 15) is 4.79 Å². The maximum atomic E-state index is 12.9. The molecule has 2 saturated carbocycles. The number of carbonyl (C=O) groups is 1. The summed E-state index contributed by atoms with van der Waals surface area (Å²) in [5.74, 6) is 1.86. The molecule has 3 fully saturated rings. The number of nitrogens with zero attached hydrogens (tertiary/aromatic N) is 1. The lowest BCUT2D eigenvalue weighted by Crippen LogP contribution is -2.33. The molecule has 4 nitrogen and oxygen atoms in total. The van der Waals surface area contributed by atoms with Gasteiger partial charge >= 0.3 is 0 Å². The second-order valence-electron chi connectivity index (χ2n) is 8.55. The van der Waals surface area contributed by atoms with Gasteiger partial charge in [0.15, 0.2) is 0 Å². The first-order valence-corrected chi connectivity index (χ1v) is 10.9. The van der Waals surface area contributed by atoms with Crippen molar-refractivity contribution in [2.75, 3.05) is 13.2 Å². The molecule has 0 N–H and O–H groups in total. The number of rotatable bonds is 8. The maximum Gasteiger partial charge on any atom is 0.223 e. The van der Waals surface area contributed by atoms with Crippen molar-refractivity contribution < 1.29 is 14.3 Å². The highest BCUT2D eigenvalue weighted by Crippen LogP contribution is 2.33. The molecule has 1 atom stereocenters. The summed E-state index contributed by atoms with van der Waals surface area (Å²) in [7, 11) is 0. The van der Waals surface area contributed by atoms with Crippen LogP contribution in [0.4, 0.5) is 0 Å². The molecule has 148 valence electrons. The van der Waals surface area contributed by atoms with Crippen molar-refractivity contribution in [2.24, 2.45) is 5.92 Å². The van der Waals surface area contributed by atoms with Gasteiger partial charge in [0.1, 0.15) is 12.4 Å². The van der Waals surface area contributed by atoms with E-state index in [4.69, 9.17) is 9.47 Å². The summed E-state index contributed by atoms with van der Waals surface area (Å²) >= 11 is 0. The van der Waals surface area contributed by atoms with Gasteiger partial charge in [-0.2, -0.15) is 0 Å². The molecule has 0 spiro atoms. The molecular formula is C23H33NO3. The molecule has 2 aliphatic carbocycles. The van der Waals surface area contributed by atoms with E-state index in [1.165, 1.54) is 37.7 Å². The number of hydrogen-bond acceptors (Lipinski definition) is 3. The highest BCUT2D eigenvalue weighted by Gasteiger charge is 2.33. The fourth-order valence-electron chi connectivity index (χ4n) is 4.44.